The Morgan fingerprint density at radius 1 is 1.06 bits per heavy atom. The third-order valence-electron chi connectivity index (χ3n) is 3.16. The van der Waals surface area contributed by atoms with Crippen LogP contribution in [-0.2, 0) is 9.53 Å². The monoisotopic (exact) mass is 249 g/mol. The van der Waals surface area contributed by atoms with Gasteiger partial charge in [0, 0.05) is 6.04 Å². The zero-order valence-electron chi connectivity index (χ0n) is 11.9. The van der Waals surface area contributed by atoms with E-state index >= 15 is 0 Å². The van der Waals surface area contributed by atoms with E-state index in [0.717, 1.165) is 0 Å². The van der Waals surface area contributed by atoms with E-state index in [1.807, 2.05) is 13.8 Å². The van der Waals surface area contributed by atoms with Crippen molar-refractivity contribution in [3.05, 3.63) is 35.4 Å². The molecule has 2 unspecified atom stereocenters. The third-order valence-corrected chi connectivity index (χ3v) is 3.16. The summed E-state index contributed by atoms with van der Waals surface area (Å²) in [6.45, 7) is 8.21. The molecule has 0 aromatic heterocycles. The lowest BCUT2D eigenvalue weighted by Gasteiger charge is -2.19. The van der Waals surface area contributed by atoms with Gasteiger partial charge in [-0.3, -0.25) is 10.1 Å². The van der Waals surface area contributed by atoms with E-state index < -0.39 is 0 Å². The summed E-state index contributed by atoms with van der Waals surface area (Å²) in [4.78, 5) is 11.3. The third kappa shape index (κ3) is 3.84. The number of rotatable bonds is 5. The molecule has 0 aliphatic heterocycles. The minimum absolute atomic E-state index is 0.125. The number of nitrogens with one attached hydrogen (secondary N) is 1. The van der Waals surface area contributed by atoms with Crippen LogP contribution in [-0.4, -0.2) is 19.1 Å². The molecule has 3 nitrogen and oxygen atoms in total. The van der Waals surface area contributed by atoms with E-state index in [2.05, 4.69) is 43.4 Å². The second-order valence-corrected chi connectivity index (χ2v) is 4.95. The van der Waals surface area contributed by atoms with Gasteiger partial charge >= 0.3 is 5.97 Å². The molecule has 0 aliphatic carbocycles. The van der Waals surface area contributed by atoms with Crippen LogP contribution in [0, 0.1) is 0 Å². The number of ether oxygens (including phenoxy) is 1. The highest BCUT2D eigenvalue weighted by molar-refractivity contribution is 5.75. The molecular weight excluding hydrogens is 226 g/mol. The molecular formula is C15H23NO2. The van der Waals surface area contributed by atoms with Gasteiger partial charge in [0.05, 0.1) is 7.11 Å². The Balaban J connectivity index is 2.67. The normalized spacial score (nSPS) is 14.3. The summed E-state index contributed by atoms with van der Waals surface area (Å²) < 4.78 is 4.70. The van der Waals surface area contributed by atoms with Crippen molar-refractivity contribution in [2.75, 3.05) is 7.11 Å². The fourth-order valence-electron chi connectivity index (χ4n) is 1.89. The van der Waals surface area contributed by atoms with Crippen molar-refractivity contribution in [1.82, 2.24) is 5.32 Å². The van der Waals surface area contributed by atoms with E-state index in [4.69, 9.17) is 4.74 Å². The molecule has 0 amide bonds. The first-order chi connectivity index (χ1) is 8.45. The van der Waals surface area contributed by atoms with Gasteiger partial charge in [-0.15, -0.1) is 0 Å². The first-order valence-electron chi connectivity index (χ1n) is 6.39. The Labute approximate surface area is 110 Å². The molecule has 1 aromatic rings. The molecule has 0 fully saturated rings. The molecule has 1 N–H and O–H groups in total. The zero-order valence-corrected chi connectivity index (χ0v) is 11.9. The van der Waals surface area contributed by atoms with Crippen LogP contribution in [0.5, 0.6) is 0 Å². The molecule has 3 heteroatoms. The predicted molar refractivity (Wildman–Crippen MR) is 73.6 cm³/mol. The molecule has 0 aliphatic rings. The van der Waals surface area contributed by atoms with Gasteiger partial charge in [0.25, 0.3) is 0 Å². The van der Waals surface area contributed by atoms with Crippen molar-refractivity contribution in [2.45, 2.75) is 45.7 Å². The Morgan fingerprint density at radius 3 is 2.00 bits per heavy atom. The fourth-order valence-corrected chi connectivity index (χ4v) is 1.89. The van der Waals surface area contributed by atoms with Crippen molar-refractivity contribution in [3.63, 3.8) is 0 Å². The van der Waals surface area contributed by atoms with E-state index in [0.29, 0.717) is 5.92 Å². The van der Waals surface area contributed by atoms with Crippen LogP contribution in [0.4, 0.5) is 0 Å². The Kier molecular flexibility index (Phi) is 5.35. The molecule has 0 radical (unpaired) electrons. The number of hydrogen-bond acceptors (Lipinski definition) is 3. The number of benzene rings is 1. The van der Waals surface area contributed by atoms with Gasteiger partial charge in [-0.2, -0.15) is 0 Å². The second-order valence-electron chi connectivity index (χ2n) is 4.95. The van der Waals surface area contributed by atoms with Gasteiger partial charge in [-0.05, 0) is 30.9 Å². The summed E-state index contributed by atoms with van der Waals surface area (Å²) >= 11 is 0. The summed E-state index contributed by atoms with van der Waals surface area (Å²) in [6, 6.07) is 8.32. The Bertz CT molecular complexity index is 384. The standard InChI is InChI=1S/C15H23NO2/c1-10(2)13-6-8-14(9-7-13)11(3)16-12(4)15(17)18-5/h6-12,16H,1-5H3. The molecule has 100 valence electrons. The molecule has 2 atom stereocenters. The average Bonchev–Trinajstić information content (AvgIpc) is 2.37. The summed E-state index contributed by atoms with van der Waals surface area (Å²) in [6.07, 6.45) is 0. The maximum atomic E-state index is 11.3. The topological polar surface area (TPSA) is 38.3 Å². The van der Waals surface area contributed by atoms with E-state index in [1.165, 1.54) is 18.2 Å². The molecule has 1 rings (SSSR count). The highest BCUT2D eigenvalue weighted by Crippen LogP contribution is 2.18. The van der Waals surface area contributed by atoms with E-state index in [9.17, 15) is 4.79 Å². The average molecular weight is 249 g/mol. The highest BCUT2D eigenvalue weighted by Gasteiger charge is 2.16. The molecule has 1 aromatic carbocycles. The Hall–Kier alpha value is -1.35. The molecule has 18 heavy (non-hydrogen) atoms. The van der Waals surface area contributed by atoms with Crippen LogP contribution in [0.2, 0.25) is 0 Å². The van der Waals surface area contributed by atoms with Gasteiger partial charge in [0.2, 0.25) is 0 Å². The number of carbonyl (C=O) groups is 1. The molecule has 0 spiro atoms. The molecule has 0 saturated heterocycles. The maximum absolute atomic E-state index is 11.3. The van der Waals surface area contributed by atoms with Crippen molar-refractivity contribution >= 4 is 5.97 Å². The zero-order chi connectivity index (χ0) is 13.7. The van der Waals surface area contributed by atoms with E-state index in [-0.39, 0.29) is 18.1 Å². The van der Waals surface area contributed by atoms with Gasteiger partial charge in [0.15, 0.2) is 0 Å². The minimum atomic E-state index is -0.297. The lowest BCUT2D eigenvalue weighted by atomic mass is 9.99. The predicted octanol–water partition coefficient (Wildman–Crippen LogP) is 3.02. The van der Waals surface area contributed by atoms with Crippen LogP contribution in [0.3, 0.4) is 0 Å². The lowest BCUT2D eigenvalue weighted by Crippen LogP contribution is -2.36. The fraction of sp³-hybridized carbons (Fsp3) is 0.533. The summed E-state index contributed by atoms with van der Waals surface area (Å²) in [5.41, 5.74) is 2.50. The number of carbonyl (C=O) groups excluding carboxylic acids is 1. The maximum Gasteiger partial charge on any atom is 0.322 e. The van der Waals surface area contributed by atoms with Crippen LogP contribution in [0.25, 0.3) is 0 Å². The van der Waals surface area contributed by atoms with Crippen LogP contribution >= 0.6 is 0 Å². The molecule has 0 heterocycles. The van der Waals surface area contributed by atoms with Crippen LogP contribution < -0.4 is 5.32 Å². The second kappa shape index (κ2) is 6.55. The first-order valence-corrected chi connectivity index (χ1v) is 6.39. The summed E-state index contributed by atoms with van der Waals surface area (Å²) in [5.74, 6) is 0.303. The van der Waals surface area contributed by atoms with Crippen LogP contribution in [0.15, 0.2) is 24.3 Å². The largest absolute Gasteiger partial charge is 0.468 e. The minimum Gasteiger partial charge on any atom is -0.468 e. The summed E-state index contributed by atoms with van der Waals surface area (Å²) in [7, 11) is 1.41. The number of methoxy groups -OCH3 is 1. The van der Waals surface area contributed by atoms with Crippen molar-refractivity contribution < 1.29 is 9.53 Å². The number of esters is 1. The smallest absolute Gasteiger partial charge is 0.322 e. The van der Waals surface area contributed by atoms with Gasteiger partial charge < -0.3 is 4.74 Å². The Morgan fingerprint density at radius 2 is 1.56 bits per heavy atom. The van der Waals surface area contributed by atoms with Gasteiger partial charge in [-0.25, -0.2) is 0 Å². The quantitative estimate of drug-likeness (QED) is 0.815. The lowest BCUT2D eigenvalue weighted by molar-refractivity contribution is -0.142. The first kappa shape index (κ1) is 14.7. The van der Waals surface area contributed by atoms with Gasteiger partial charge in [-0.1, -0.05) is 38.1 Å². The SMILES string of the molecule is COC(=O)C(C)NC(C)c1ccc(C(C)C)cc1. The number of hydrogen-bond donors (Lipinski definition) is 1. The van der Waals surface area contributed by atoms with E-state index in [1.54, 1.807) is 0 Å². The highest BCUT2D eigenvalue weighted by atomic mass is 16.5. The van der Waals surface area contributed by atoms with Crippen molar-refractivity contribution in [3.8, 4) is 0 Å². The van der Waals surface area contributed by atoms with Crippen molar-refractivity contribution in [1.29, 1.82) is 0 Å². The van der Waals surface area contributed by atoms with Gasteiger partial charge in [0.1, 0.15) is 6.04 Å². The molecule has 0 bridgehead atoms. The van der Waals surface area contributed by atoms with Crippen LogP contribution in [0.1, 0.15) is 50.8 Å². The molecule has 0 saturated carbocycles. The summed E-state index contributed by atoms with van der Waals surface area (Å²) in [5, 5.41) is 3.22. The van der Waals surface area contributed by atoms with Crippen molar-refractivity contribution in [2.24, 2.45) is 0 Å².